The van der Waals surface area contributed by atoms with Gasteiger partial charge in [0.25, 0.3) is 5.56 Å². The number of amides is 1. The van der Waals surface area contributed by atoms with Gasteiger partial charge in [-0.2, -0.15) is 0 Å². The Hall–Kier alpha value is -2.77. The zero-order valence-corrected chi connectivity index (χ0v) is 18.0. The highest BCUT2D eigenvalue weighted by Gasteiger charge is 2.16. The largest absolute Gasteiger partial charge is 0.348 e. The van der Waals surface area contributed by atoms with Gasteiger partial charge >= 0.3 is 0 Å². The number of benzene rings is 2. The van der Waals surface area contributed by atoms with Crippen molar-refractivity contribution in [2.45, 2.75) is 19.5 Å². The van der Waals surface area contributed by atoms with Crippen molar-refractivity contribution in [3.05, 3.63) is 86.7 Å². The number of carbonyl (C=O) groups is 1. The summed E-state index contributed by atoms with van der Waals surface area (Å²) in [5.74, 6) is -0.231. The molecule has 0 saturated heterocycles. The number of nitrogens with one attached hydrogen (secondary N) is 1. The monoisotopic (exact) mass is 467 g/mol. The van der Waals surface area contributed by atoms with Crippen LogP contribution in [0.25, 0.3) is 21.3 Å². The van der Waals surface area contributed by atoms with E-state index >= 15 is 0 Å². The Bertz CT molecular complexity index is 1220. The van der Waals surface area contributed by atoms with E-state index in [1.165, 1.54) is 22.2 Å². The van der Waals surface area contributed by atoms with E-state index in [2.05, 4.69) is 26.2 Å². The average molecular weight is 468 g/mol. The van der Waals surface area contributed by atoms with Crippen molar-refractivity contribution in [2.24, 2.45) is 0 Å². The number of hydrogen-bond donors (Lipinski definition) is 1. The summed E-state index contributed by atoms with van der Waals surface area (Å²) in [6.45, 7) is 1.84. The van der Waals surface area contributed by atoms with Crippen molar-refractivity contribution < 1.29 is 4.79 Å². The number of carbonyl (C=O) groups excluding carboxylic acids is 1. The summed E-state index contributed by atoms with van der Waals surface area (Å²) in [5.41, 5.74) is 2.58. The molecule has 2 heterocycles. The summed E-state index contributed by atoms with van der Waals surface area (Å²) in [5, 5.41) is 5.42. The van der Waals surface area contributed by atoms with Gasteiger partial charge in [0.15, 0.2) is 0 Å². The van der Waals surface area contributed by atoms with Crippen molar-refractivity contribution >= 4 is 43.4 Å². The van der Waals surface area contributed by atoms with Crippen molar-refractivity contribution in [1.29, 1.82) is 0 Å². The van der Waals surface area contributed by atoms with Gasteiger partial charge in [-0.1, -0.05) is 58.4 Å². The van der Waals surface area contributed by atoms with Crippen LogP contribution in [-0.2, 0) is 11.3 Å². The van der Waals surface area contributed by atoms with Crippen LogP contribution in [0.15, 0.2) is 75.6 Å². The van der Waals surface area contributed by atoms with E-state index in [0.29, 0.717) is 10.2 Å². The van der Waals surface area contributed by atoms with Gasteiger partial charge in [0.2, 0.25) is 5.91 Å². The van der Waals surface area contributed by atoms with Crippen LogP contribution in [0.3, 0.4) is 0 Å². The van der Waals surface area contributed by atoms with Gasteiger partial charge in [-0.3, -0.25) is 14.2 Å². The lowest BCUT2D eigenvalue weighted by atomic mass is 10.1. The summed E-state index contributed by atoms with van der Waals surface area (Å²) in [7, 11) is 0. The Morgan fingerprint density at radius 3 is 2.62 bits per heavy atom. The van der Waals surface area contributed by atoms with Gasteiger partial charge in [0.1, 0.15) is 11.4 Å². The molecule has 1 unspecified atom stereocenters. The van der Waals surface area contributed by atoms with Gasteiger partial charge in [-0.05, 0) is 30.2 Å². The molecule has 146 valence electrons. The Labute approximate surface area is 180 Å². The fraction of sp³-hybridized carbons (Fsp3) is 0.136. The van der Waals surface area contributed by atoms with Crippen LogP contribution in [0.1, 0.15) is 18.5 Å². The van der Waals surface area contributed by atoms with Crippen LogP contribution >= 0.6 is 27.3 Å². The molecule has 7 heteroatoms. The molecule has 2 aromatic heterocycles. The van der Waals surface area contributed by atoms with Gasteiger partial charge in [0.05, 0.1) is 17.8 Å². The maximum absolute atomic E-state index is 13.1. The summed E-state index contributed by atoms with van der Waals surface area (Å²) in [6.07, 6.45) is 1.44. The van der Waals surface area contributed by atoms with E-state index in [1.54, 1.807) is 0 Å². The SMILES string of the molecule is CC(NC(=O)Cn1cnc2scc(-c3ccc(Br)cc3)c2c1=O)c1ccccc1. The Morgan fingerprint density at radius 1 is 1.17 bits per heavy atom. The number of rotatable bonds is 5. The molecule has 4 rings (SSSR count). The van der Waals surface area contributed by atoms with E-state index in [4.69, 9.17) is 0 Å². The lowest BCUT2D eigenvalue weighted by Crippen LogP contribution is -2.33. The molecular formula is C22H18BrN3O2S. The second-order valence-electron chi connectivity index (χ2n) is 6.71. The molecule has 0 bridgehead atoms. The minimum absolute atomic E-state index is 0.0748. The number of hydrogen-bond acceptors (Lipinski definition) is 4. The number of halogens is 1. The van der Waals surface area contributed by atoms with Crippen LogP contribution in [0.5, 0.6) is 0 Å². The Kier molecular flexibility index (Phi) is 5.60. The van der Waals surface area contributed by atoms with Crippen molar-refractivity contribution in [2.75, 3.05) is 0 Å². The zero-order valence-electron chi connectivity index (χ0n) is 15.6. The molecule has 1 atom stereocenters. The molecule has 29 heavy (non-hydrogen) atoms. The average Bonchev–Trinajstić information content (AvgIpc) is 3.16. The van der Waals surface area contributed by atoms with Crippen LogP contribution in [0, 0.1) is 0 Å². The predicted molar refractivity (Wildman–Crippen MR) is 120 cm³/mol. The van der Waals surface area contributed by atoms with Crippen molar-refractivity contribution in [1.82, 2.24) is 14.9 Å². The van der Waals surface area contributed by atoms with E-state index in [-0.39, 0.29) is 24.1 Å². The minimum Gasteiger partial charge on any atom is -0.348 e. The molecule has 0 radical (unpaired) electrons. The van der Waals surface area contributed by atoms with Crippen LogP contribution in [0.2, 0.25) is 0 Å². The zero-order chi connectivity index (χ0) is 20.4. The van der Waals surface area contributed by atoms with E-state index in [9.17, 15) is 9.59 Å². The van der Waals surface area contributed by atoms with Crippen LogP contribution in [-0.4, -0.2) is 15.5 Å². The third kappa shape index (κ3) is 4.16. The Morgan fingerprint density at radius 2 is 1.90 bits per heavy atom. The number of aromatic nitrogens is 2. The van der Waals surface area contributed by atoms with Gasteiger partial charge in [-0.25, -0.2) is 4.98 Å². The smallest absolute Gasteiger partial charge is 0.263 e. The van der Waals surface area contributed by atoms with E-state index < -0.39 is 0 Å². The minimum atomic E-state index is -0.231. The third-order valence-corrected chi connectivity index (χ3v) is 6.12. The van der Waals surface area contributed by atoms with Crippen LogP contribution in [0.4, 0.5) is 0 Å². The van der Waals surface area contributed by atoms with Gasteiger partial charge < -0.3 is 5.32 Å². The number of nitrogens with zero attached hydrogens (tertiary/aromatic N) is 2. The first kappa shape index (κ1) is 19.5. The molecule has 0 aliphatic carbocycles. The molecule has 0 aliphatic heterocycles. The molecule has 5 nitrogen and oxygen atoms in total. The second-order valence-corrected chi connectivity index (χ2v) is 8.49. The first-order valence-corrected chi connectivity index (χ1v) is 10.8. The van der Waals surface area contributed by atoms with Gasteiger partial charge in [-0.15, -0.1) is 11.3 Å². The first-order chi connectivity index (χ1) is 14.0. The molecule has 1 amide bonds. The molecule has 2 aromatic carbocycles. The highest BCUT2D eigenvalue weighted by atomic mass is 79.9. The normalized spacial score (nSPS) is 12.1. The predicted octanol–water partition coefficient (Wildman–Crippen LogP) is 4.76. The summed E-state index contributed by atoms with van der Waals surface area (Å²) >= 11 is 4.85. The second kappa shape index (κ2) is 8.31. The first-order valence-electron chi connectivity index (χ1n) is 9.10. The van der Waals surface area contributed by atoms with E-state index in [1.807, 2.05) is 66.9 Å². The van der Waals surface area contributed by atoms with Gasteiger partial charge in [0, 0.05) is 15.4 Å². The maximum Gasteiger partial charge on any atom is 0.263 e. The molecule has 0 fully saturated rings. The van der Waals surface area contributed by atoms with E-state index in [0.717, 1.165) is 21.2 Å². The van der Waals surface area contributed by atoms with Crippen molar-refractivity contribution in [3.8, 4) is 11.1 Å². The highest BCUT2D eigenvalue weighted by molar-refractivity contribution is 9.10. The third-order valence-electron chi connectivity index (χ3n) is 4.71. The summed E-state index contributed by atoms with van der Waals surface area (Å²) < 4.78 is 2.34. The van der Waals surface area contributed by atoms with Crippen molar-refractivity contribution in [3.63, 3.8) is 0 Å². The fourth-order valence-electron chi connectivity index (χ4n) is 3.19. The molecule has 0 spiro atoms. The molecular weight excluding hydrogens is 450 g/mol. The molecule has 0 saturated carbocycles. The number of fused-ring (bicyclic) bond motifs is 1. The summed E-state index contributed by atoms with van der Waals surface area (Å²) in [6, 6.07) is 17.4. The molecule has 0 aliphatic rings. The highest BCUT2D eigenvalue weighted by Crippen LogP contribution is 2.31. The molecule has 1 N–H and O–H groups in total. The Balaban J connectivity index is 1.60. The quantitative estimate of drug-likeness (QED) is 0.459. The maximum atomic E-state index is 13.1. The molecule has 4 aromatic rings. The lowest BCUT2D eigenvalue weighted by molar-refractivity contribution is -0.122. The standard InChI is InChI=1S/C22H18BrN3O2S/c1-14(15-5-3-2-4-6-15)25-19(27)11-26-13-24-21-20(22(26)28)18(12-29-21)16-7-9-17(23)10-8-16/h2-10,12-14H,11H2,1H3,(H,25,27). The lowest BCUT2D eigenvalue weighted by Gasteiger charge is -2.14. The summed E-state index contributed by atoms with van der Waals surface area (Å²) in [4.78, 5) is 30.7. The van der Waals surface area contributed by atoms with Crippen LogP contribution < -0.4 is 10.9 Å². The fourth-order valence-corrected chi connectivity index (χ4v) is 4.36. The number of thiophene rings is 1. The topological polar surface area (TPSA) is 64.0 Å².